The van der Waals surface area contributed by atoms with E-state index in [2.05, 4.69) is 5.32 Å². The highest BCUT2D eigenvalue weighted by Crippen LogP contribution is 2.15. The summed E-state index contributed by atoms with van der Waals surface area (Å²) in [5.74, 6) is -7.74. The number of nitrogens with one attached hydrogen (secondary N) is 1. The smallest absolute Gasteiger partial charge is 0.312 e. The van der Waals surface area contributed by atoms with Crippen LogP contribution in [0.4, 0.5) is 8.78 Å². The summed E-state index contributed by atoms with van der Waals surface area (Å²) in [6, 6.07) is 0.698. The van der Waals surface area contributed by atoms with Gasteiger partial charge in [-0.1, -0.05) is 0 Å². The number of amides is 2. The van der Waals surface area contributed by atoms with Crippen LogP contribution in [-0.4, -0.2) is 43.0 Å². The number of halogens is 2. The summed E-state index contributed by atoms with van der Waals surface area (Å²) in [6.45, 7) is 3.06. The van der Waals surface area contributed by atoms with E-state index < -0.39 is 53.8 Å². The molecule has 0 saturated carbocycles. The third-order valence-electron chi connectivity index (χ3n) is 3.46. The van der Waals surface area contributed by atoms with Gasteiger partial charge in [0.25, 0.3) is 5.91 Å². The zero-order valence-electron chi connectivity index (χ0n) is 14.8. The molecule has 1 aromatic rings. The first kappa shape index (κ1) is 22.0. The molecular formula is C17H20F2N2O6. The molecule has 0 spiro atoms. The van der Waals surface area contributed by atoms with E-state index in [9.17, 15) is 28.0 Å². The molecule has 2 amide bonds. The molecule has 0 aliphatic carbocycles. The van der Waals surface area contributed by atoms with Gasteiger partial charge in [0.1, 0.15) is 6.04 Å². The number of hydrogen-bond acceptors (Lipinski definition) is 6. The minimum Gasteiger partial charge on any atom is -0.466 e. The Morgan fingerprint density at radius 3 is 2.22 bits per heavy atom. The molecule has 0 heterocycles. The Labute approximate surface area is 154 Å². The lowest BCUT2D eigenvalue weighted by Gasteiger charge is -2.23. The molecule has 8 nitrogen and oxygen atoms in total. The van der Waals surface area contributed by atoms with Crippen LogP contribution in [0.1, 0.15) is 30.6 Å². The molecule has 0 radical (unpaired) electrons. The zero-order chi connectivity index (χ0) is 20.6. The lowest BCUT2D eigenvalue weighted by Crippen LogP contribution is -2.52. The normalized spacial score (nSPS) is 12.6. The van der Waals surface area contributed by atoms with Crippen molar-refractivity contribution < 1.29 is 37.4 Å². The van der Waals surface area contributed by atoms with Gasteiger partial charge in [0, 0.05) is 5.56 Å². The topological polar surface area (TPSA) is 125 Å². The summed E-state index contributed by atoms with van der Waals surface area (Å²) in [7, 11) is 0. The predicted molar refractivity (Wildman–Crippen MR) is 88.2 cm³/mol. The van der Waals surface area contributed by atoms with E-state index in [0.717, 1.165) is 12.1 Å². The van der Waals surface area contributed by atoms with E-state index >= 15 is 0 Å². The second kappa shape index (κ2) is 10.2. The van der Waals surface area contributed by atoms with Gasteiger partial charge in [-0.15, -0.1) is 0 Å². The highest BCUT2D eigenvalue weighted by molar-refractivity contribution is 5.99. The van der Waals surface area contributed by atoms with Crippen LogP contribution in [0.25, 0.3) is 0 Å². The van der Waals surface area contributed by atoms with Crippen LogP contribution in [0, 0.1) is 17.6 Å². The minimum absolute atomic E-state index is 0.0385. The SMILES string of the molecule is CCOC(=O)C[C@H](C(=O)OCC)[C@@H](NC(=O)c1ccc(F)c(F)c1)C(N)=O. The van der Waals surface area contributed by atoms with Crippen molar-refractivity contribution in [3.63, 3.8) is 0 Å². The molecule has 1 aromatic carbocycles. The van der Waals surface area contributed by atoms with E-state index in [1.165, 1.54) is 6.92 Å². The molecule has 3 N–H and O–H groups in total. The Kier molecular flexibility index (Phi) is 8.31. The maximum atomic E-state index is 13.3. The fraction of sp³-hybridized carbons (Fsp3) is 0.412. The molecule has 0 aliphatic heterocycles. The molecule has 0 aromatic heterocycles. The van der Waals surface area contributed by atoms with Crippen molar-refractivity contribution in [1.29, 1.82) is 0 Å². The lowest BCUT2D eigenvalue weighted by atomic mass is 9.95. The second-order valence-electron chi connectivity index (χ2n) is 5.35. The third-order valence-corrected chi connectivity index (χ3v) is 3.46. The van der Waals surface area contributed by atoms with Crippen molar-refractivity contribution in [3.05, 3.63) is 35.4 Å². The van der Waals surface area contributed by atoms with Gasteiger partial charge in [0.05, 0.1) is 25.6 Å². The molecule has 2 atom stereocenters. The molecule has 0 fully saturated rings. The number of nitrogens with two attached hydrogens (primary N) is 1. The van der Waals surface area contributed by atoms with Gasteiger partial charge >= 0.3 is 11.9 Å². The summed E-state index contributed by atoms with van der Waals surface area (Å²) >= 11 is 0. The van der Waals surface area contributed by atoms with Gasteiger partial charge in [-0.2, -0.15) is 0 Å². The molecule has 10 heteroatoms. The van der Waals surface area contributed by atoms with Crippen molar-refractivity contribution in [2.45, 2.75) is 26.3 Å². The summed E-state index contributed by atoms with van der Waals surface area (Å²) < 4.78 is 35.9. The van der Waals surface area contributed by atoms with Crippen LogP contribution < -0.4 is 11.1 Å². The lowest BCUT2D eigenvalue weighted by molar-refractivity contribution is -0.156. The number of primary amides is 1. The number of benzene rings is 1. The maximum Gasteiger partial charge on any atom is 0.312 e. The van der Waals surface area contributed by atoms with Crippen LogP contribution in [-0.2, 0) is 23.9 Å². The zero-order valence-corrected chi connectivity index (χ0v) is 14.8. The molecule has 0 saturated heterocycles. The highest BCUT2D eigenvalue weighted by atomic mass is 19.2. The highest BCUT2D eigenvalue weighted by Gasteiger charge is 2.37. The first-order valence-electron chi connectivity index (χ1n) is 8.08. The van der Waals surface area contributed by atoms with Crippen molar-refractivity contribution in [2.75, 3.05) is 13.2 Å². The number of carbonyl (C=O) groups is 4. The number of rotatable bonds is 9. The van der Waals surface area contributed by atoms with Crippen LogP contribution in [0.15, 0.2) is 18.2 Å². The van der Waals surface area contributed by atoms with E-state index in [4.69, 9.17) is 15.2 Å². The Hall–Kier alpha value is -3.04. The quantitative estimate of drug-likeness (QED) is 0.602. The van der Waals surface area contributed by atoms with Crippen molar-refractivity contribution in [1.82, 2.24) is 5.32 Å². The number of hydrogen-bond donors (Lipinski definition) is 2. The summed E-state index contributed by atoms with van der Waals surface area (Å²) in [5.41, 5.74) is 4.95. The Morgan fingerprint density at radius 1 is 1.07 bits per heavy atom. The Balaban J connectivity index is 3.09. The van der Waals surface area contributed by atoms with Crippen LogP contribution in [0.5, 0.6) is 0 Å². The predicted octanol–water partition coefficient (Wildman–Crippen LogP) is 0.681. The van der Waals surface area contributed by atoms with Crippen molar-refractivity contribution in [3.8, 4) is 0 Å². The van der Waals surface area contributed by atoms with Crippen molar-refractivity contribution in [2.24, 2.45) is 11.7 Å². The first-order valence-corrected chi connectivity index (χ1v) is 8.08. The Morgan fingerprint density at radius 2 is 1.70 bits per heavy atom. The monoisotopic (exact) mass is 386 g/mol. The standard InChI is InChI=1S/C17H20F2N2O6/c1-3-26-13(22)8-10(17(25)27-4-2)14(15(20)23)21-16(24)9-5-6-11(18)12(19)7-9/h5-7,10,14H,3-4,8H2,1-2H3,(H2,20,23)(H,21,24)/t10-,14+/m0/s1. The van der Waals surface area contributed by atoms with Gasteiger partial charge in [-0.3, -0.25) is 19.2 Å². The molecule has 148 valence electrons. The van der Waals surface area contributed by atoms with Gasteiger partial charge < -0.3 is 20.5 Å². The van der Waals surface area contributed by atoms with Gasteiger partial charge in [-0.25, -0.2) is 8.78 Å². The maximum absolute atomic E-state index is 13.3. The molecular weight excluding hydrogens is 366 g/mol. The molecule has 0 bridgehead atoms. The first-order chi connectivity index (χ1) is 12.7. The van der Waals surface area contributed by atoms with E-state index in [1.54, 1.807) is 6.92 Å². The fourth-order valence-electron chi connectivity index (χ4n) is 2.22. The minimum atomic E-state index is -1.63. The van der Waals surface area contributed by atoms with Gasteiger partial charge in [-0.05, 0) is 32.0 Å². The molecule has 1 rings (SSSR count). The Bertz CT molecular complexity index is 725. The summed E-state index contributed by atoms with van der Waals surface area (Å²) in [6.07, 6.45) is -0.571. The second-order valence-corrected chi connectivity index (χ2v) is 5.35. The number of ether oxygens (including phenoxy) is 2. The molecule has 0 unspecified atom stereocenters. The van der Waals surface area contributed by atoms with Crippen LogP contribution in [0.3, 0.4) is 0 Å². The third kappa shape index (κ3) is 6.32. The van der Waals surface area contributed by atoms with E-state index in [-0.39, 0.29) is 18.8 Å². The average Bonchev–Trinajstić information content (AvgIpc) is 2.60. The van der Waals surface area contributed by atoms with Gasteiger partial charge in [0.2, 0.25) is 5.91 Å². The van der Waals surface area contributed by atoms with Gasteiger partial charge in [0.15, 0.2) is 11.6 Å². The number of esters is 2. The van der Waals surface area contributed by atoms with Crippen LogP contribution >= 0.6 is 0 Å². The fourth-order valence-corrected chi connectivity index (χ4v) is 2.22. The van der Waals surface area contributed by atoms with Crippen molar-refractivity contribution >= 4 is 23.8 Å². The molecule has 27 heavy (non-hydrogen) atoms. The number of carbonyl (C=O) groups excluding carboxylic acids is 4. The largest absolute Gasteiger partial charge is 0.466 e. The summed E-state index contributed by atoms with van der Waals surface area (Å²) in [5, 5.41) is 2.16. The summed E-state index contributed by atoms with van der Waals surface area (Å²) in [4.78, 5) is 47.9. The van der Waals surface area contributed by atoms with E-state index in [0.29, 0.717) is 6.07 Å². The van der Waals surface area contributed by atoms with E-state index in [1.807, 2.05) is 0 Å². The average molecular weight is 386 g/mol. The van der Waals surface area contributed by atoms with Crippen LogP contribution in [0.2, 0.25) is 0 Å². The molecule has 0 aliphatic rings.